The van der Waals surface area contributed by atoms with Gasteiger partial charge in [0.05, 0.1) is 17.6 Å². The fourth-order valence-corrected chi connectivity index (χ4v) is 5.18. The predicted molar refractivity (Wildman–Crippen MR) is 121 cm³/mol. The summed E-state index contributed by atoms with van der Waals surface area (Å²) in [5.41, 5.74) is 1.55. The normalized spacial score (nSPS) is 21.0. The first kappa shape index (κ1) is 24.1. The van der Waals surface area contributed by atoms with Crippen molar-refractivity contribution >= 4 is 16.7 Å². The molecule has 0 bridgehead atoms. The lowest BCUT2D eigenvalue weighted by Gasteiger charge is -2.50. The zero-order valence-electron chi connectivity index (χ0n) is 19.9. The molecule has 13 heteroatoms. The number of fused-ring (bicyclic) bond motifs is 5. The fourth-order valence-electron chi connectivity index (χ4n) is 5.18. The van der Waals surface area contributed by atoms with E-state index in [0.29, 0.717) is 42.7 Å². The van der Waals surface area contributed by atoms with Gasteiger partial charge in [-0.25, -0.2) is 4.98 Å². The van der Waals surface area contributed by atoms with Gasteiger partial charge in [0.2, 0.25) is 11.6 Å². The van der Waals surface area contributed by atoms with E-state index < -0.39 is 18.0 Å². The van der Waals surface area contributed by atoms with Gasteiger partial charge in [-0.3, -0.25) is 9.69 Å². The minimum absolute atomic E-state index is 0.0755. The molecular formula is C23H24F3N7O3. The van der Waals surface area contributed by atoms with Crippen LogP contribution < -0.4 is 15.2 Å². The predicted octanol–water partition coefficient (Wildman–Crippen LogP) is 3.02. The van der Waals surface area contributed by atoms with Gasteiger partial charge in [0, 0.05) is 26.2 Å². The molecule has 0 N–H and O–H groups in total. The molecule has 1 saturated heterocycles. The molecule has 0 saturated carbocycles. The molecular weight excluding hydrogens is 479 g/mol. The van der Waals surface area contributed by atoms with Crippen LogP contribution in [-0.2, 0) is 13.2 Å². The minimum atomic E-state index is -4.69. The van der Waals surface area contributed by atoms with Gasteiger partial charge in [0.15, 0.2) is 0 Å². The van der Waals surface area contributed by atoms with Crippen molar-refractivity contribution in [1.82, 2.24) is 24.6 Å². The second-order valence-electron chi connectivity index (χ2n) is 8.97. The Morgan fingerprint density at radius 2 is 2.03 bits per heavy atom. The molecule has 2 aliphatic heterocycles. The summed E-state index contributed by atoms with van der Waals surface area (Å²) >= 11 is 0. The lowest BCUT2D eigenvalue weighted by Crippen LogP contribution is -2.62. The van der Waals surface area contributed by atoms with Gasteiger partial charge in [-0.05, 0) is 25.0 Å². The van der Waals surface area contributed by atoms with Crippen molar-refractivity contribution in [2.75, 3.05) is 24.6 Å². The topological polar surface area (TPSA) is 113 Å². The maximum atomic E-state index is 13.1. The number of hydrogen-bond acceptors (Lipinski definition) is 9. The summed E-state index contributed by atoms with van der Waals surface area (Å²) < 4.78 is 51.7. The molecule has 0 spiro atoms. The molecule has 0 radical (unpaired) electrons. The lowest BCUT2D eigenvalue weighted by atomic mass is 9.98. The van der Waals surface area contributed by atoms with E-state index in [2.05, 4.69) is 24.9 Å². The fraction of sp³-hybridized carbons (Fsp3) is 0.522. The van der Waals surface area contributed by atoms with Crippen molar-refractivity contribution in [2.45, 2.75) is 51.0 Å². The average Bonchev–Trinajstić information content (AvgIpc) is 3.37. The van der Waals surface area contributed by atoms with Crippen LogP contribution in [0.5, 0.6) is 5.75 Å². The number of aryl methyl sites for hydroxylation is 1. The van der Waals surface area contributed by atoms with Crippen molar-refractivity contribution in [3.8, 4) is 11.8 Å². The third kappa shape index (κ3) is 3.76. The summed E-state index contributed by atoms with van der Waals surface area (Å²) in [6.07, 6.45) is -3.53. The molecule has 0 amide bonds. The van der Waals surface area contributed by atoms with Crippen molar-refractivity contribution in [1.29, 1.82) is 5.26 Å². The number of ether oxygens (including phenoxy) is 1. The molecule has 5 rings (SSSR count). The second kappa shape index (κ2) is 8.77. The summed E-state index contributed by atoms with van der Waals surface area (Å²) in [4.78, 5) is 25.4. The molecule has 10 nitrogen and oxygen atoms in total. The van der Waals surface area contributed by atoms with E-state index in [-0.39, 0.29) is 41.6 Å². The van der Waals surface area contributed by atoms with Crippen molar-refractivity contribution < 1.29 is 22.4 Å². The number of hydrogen-bond donors (Lipinski definition) is 0. The third-order valence-corrected chi connectivity index (χ3v) is 6.97. The van der Waals surface area contributed by atoms with Crippen molar-refractivity contribution in [3.63, 3.8) is 0 Å². The highest BCUT2D eigenvalue weighted by Crippen LogP contribution is 2.41. The number of nitrogens with zero attached hydrogens (tertiary/aromatic N) is 7. The molecule has 3 aromatic rings. The van der Waals surface area contributed by atoms with E-state index in [1.54, 1.807) is 19.2 Å². The molecule has 36 heavy (non-hydrogen) atoms. The van der Waals surface area contributed by atoms with Crippen molar-refractivity contribution in [3.05, 3.63) is 39.9 Å². The zero-order valence-corrected chi connectivity index (χ0v) is 19.9. The highest BCUT2D eigenvalue weighted by molar-refractivity contribution is 5.93. The molecule has 0 aromatic carbocycles. The summed E-state index contributed by atoms with van der Waals surface area (Å²) in [6, 6.07) is 4.50. The molecule has 5 heterocycles. The van der Waals surface area contributed by atoms with E-state index >= 15 is 0 Å². The Morgan fingerprint density at radius 1 is 1.25 bits per heavy atom. The van der Waals surface area contributed by atoms with Crippen LogP contribution in [0.25, 0.3) is 11.0 Å². The number of piperazine rings is 1. The van der Waals surface area contributed by atoms with Crippen LogP contribution in [0.3, 0.4) is 0 Å². The molecule has 0 unspecified atom stereocenters. The zero-order chi connectivity index (χ0) is 25.8. The molecule has 1 fully saturated rings. The van der Waals surface area contributed by atoms with Crippen LogP contribution in [-0.4, -0.2) is 56.4 Å². The van der Waals surface area contributed by atoms with E-state index in [1.807, 2.05) is 19.9 Å². The van der Waals surface area contributed by atoms with Crippen LogP contribution in [0.1, 0.15) is 50.1 Å². The second-order valence-corrected chi connectivity index (χ2v) is 8.97. The number of aromatic nitrogens is 4. The smallest absolute Gasteiger partial charge is 0.455 e. The van der Waals surface area contributed by atoms with Gasteiger partial charge in [0.1, 0.15) is 29.6 Å². The molecule has 0 aliphatic carbocycles. The first-order valence-electron chi connectivity index (χ1n) is 11.7. The van der Waals surface area contributed by atoms with Gasteiger partial charge in [-0.2, -0.15) is 23.4 Å². The number of halogens is 3. The average molecular weight is 503 g/mol. The van der Waals surface area contributed by atoms with Crippen molar-refractivity contribution in [2.24, 2.45) is 7.05 Å². The van der Waals surface area contributed by atoms with Crippen LogP contribution in [0.2, 0.25) is 0 Å². The Kier molecular flexibility index (Phi) is 5.86. The Labute approximate surface area is 203 Å². The van der Waals surface area contributed by atoms with Crippen LogP contribution in [0.4, 0.5) is 18.9 Å². The summed E-state index contributed by atoms with van der Waals surface area (Å²) in [5, 5.41) is 12.5. The number of alkyl halides is 3. The quantitative estimate of drug-likeness (QED) is 0.530. The Hall–Kier alpha value is -3.66. The third-order valence-electron chi connectivity index (χ3n) is 6.97. The first-order chi connectivity index (χ1) is 17.2. The lowest BCUT2D eigenvalue weighted by molar-refractivity contribution is -0.146. The van der Waals surface area contributed by atoms with Gasteiger partial charge < -0.3 is 18.7 Å². The summed E-state index contributed by atoms with van der Waals surface area (Å²) in [5.74, 6) is -1.18. The van der Waals surface area contributed by atoms with Crippen LogP contribution >= 0.6 is 0 Å². The standard InChI is InChI=1S/C23H24F3N7O3/c1-4-13-9-33-14(10-32(13)15(5-2)20-29-22(30-36-20)23(24,25)26)11-35-19-18(33)17-16(31(3)21(19)34)7-6-12(8-27)28-17/h6-7,13-15H,4-5,9-11H2,1-3H3/t13-,14+,15+/m1/s1. The Bertz CT molecular complexity index is 1410. The maximum absolute atomic E-state index is 13.1. The van der Waals surface area contributed by atoms with Gasteiger partial charge in [0.25, 0.3) is 11.4 Å². The van der Waals surface area contributed by atoms with E-state index in [0.717, 1.165) is 0 Å². The summed E-state index contributed by atoms with van der Waals surface area (Å²) in [7, 11) is 1.63. The maximum Gasteiger partial charge on any atom is 0.455 e. The number of pyridine rings is 2. The van der Waals surface area contributed by atoms with E-state index in [4.69, 9.17) is 9.26 Å². The Morgan fingerprint density at radius 3 is 2.67 bits per heavy atom. The van der Waals surface area contributed by atoms with Gasteiger partial charge >= 0.3 is 6.18 Å². The monoisotopic (exact) mass is 503 g/mol. The first-order valence-corrected chi connectivity index (χ1v) is 11.7. The summed E-state index contributed by atoms with van der Waals surface area (Å²) in [6.45, 7) is 4.99. The number of rotatable bonds is 4. The van der Waals surface area contributed by atoms with Crippen LogP contribution in [0.15, 0.2) is 21.5 Å². The molecule has 190 valence electrons. The Balaban J connectivity index is 1.55. The number of nitriles is 1. The van der Waals surface area contributed by atoms with E-state index in [9.17, 15) is 23.2 Å². The van der Waals surface area contributed by atoms with Gasteiger partial charge in [-0.1, -0.05) is 19.0 Å². The SMILES string of the molecule is CC[C@@H]1CN2c3c(c(=O)n(C)c4ccc(C#N)nc34)OC[C@@H]2CN1[C@@H](CC)c1nc(C(F)(F)F)no1. The highest BCUT2D eigenvalue weighted by Gasteiger charge is 2.44. The molecule has 2 aliphatic rings. The minimum Gasteiger partial charge on any atom is -0.484 e. The molecule has 3 aromatic heterocycles. The van der Waals surface area contributed by atoms with E-state index in [1.165, 1.54) is 4.57 Å². The van der Waals surface area contributed by atoms with Gasteiger partial charge in [-0.15, -0.1) is 0 Å². The van der Waals surface area contributed by atoms with Crippen LogP contribution in [0, 0.1) is 11.3 Å². The molecule has 3 atom stereocenters. The highest BCUT2D eigenvalue weighted by atomic mass is 19.4. The largest absolute Gasteiger partial charge is 0.484 e. The number of anilines is 1.